The van der Waals surface area contributed by atoms with E-state index in [0.717, 1.165) is 5.56 Å². The minimum atomic E-state index is -0.592. The number of carbonyl (C=O) groups excluding carboxylic acids is 1. The first-order valence-electron chi connectivity index (χ1n) is 8.41. The lowest BCUT2D eigenvalue weighted by Gasteiger charge is -2.31. The van der Waals surface area contributed by atoms with Gasteiger partial charge in [-0.15, -0.1) is 0 Å². The smallest absolute Gasteiger partial charge is 0.338 e. The number of hydrogen-bond donors (Lipinski definition) is 1. The maximum Gasteiger partial charge on any atom is 0.338 e. The first kappa shape index (κ1) is 18.1. The van der Waals surface area contributed by atoms with Crippen LogP contribution < -0.4 is 10.1 Å². The topological polar surface area (TPSA) is 100 Å². The van der Waals surface area contributed by atoms with Crippen LogP contribution >= 0.6 is 0 Å². The molecular weight excluding hydrogens is 344 g/mol. The zero-order valence-corrected chi connectivity index (χ0v) is 15.2. The van der Waals surface area contributed by atoms with Gasteiger partial charge in [0.15, 0.2) is 0 Å². The molecular formula is C20H18N4O3. The molecule has 0 bridgehead atoms. The summed E-state index contributed by atoms with van der Waals surface area (Å²) >= 11 is 0. The number of aromatic nitrogens is 1. The van der Waals surface area contributed by atoms with Gasteiger partial charge in [-0.05, 0) is 19.4 Å². The molecule has 1 atom stereocenters. The largest absolute Gasteiger partial charge is 0.481 e. The summed E-state index contributed by atoms with van der Waals surface area (Å²) < 4.78 is 12.4. The fraction of sp³-hybridized carbons (Fsp3) is 0.250. The second kappa shape index (κ2) is 7.27. The summed E-state index contributed by atoms with van der Waals surface area (Å²) in [5.41, 5.74) is 2.08. The number of anilines is 1. The summed E-state index contributed by atoms with van der Waals surface area (Å²) in [7, 11) is 1.43. The van der Waals surface area contributed by atoms with E-state index in [1.165, 1.54) is 7.11 Å². The van der Waals surface area contributed by atoms with Crippen LogP contribution in [0.1, 0.15) is 36.6 Å². The molecule has 0 amide bonds. The highest BCUT2D eigenvalue weighted by atomic mass is 16.5. The minimum absolute atomic E-state index is 0.126. The molecule has 0 spiro atoms. The Kier molecular flexibility index (Phi) is 4.87. The van der Waals surface area contributed by atoms with Gasteiger partial charge < -0.3 is 14.8 Å². The van der Waals surface area contributed by atoms with Crippen molar-refractivity contribution in [3.8, 4) is 18.0 Å². The second-order valence-electron chi connectivity index (χ2n) is 5.90. The molecule has 27 heavy (non-hydrogen) atoms. The predicted molar refractivity (Wildman–Crippen MR) is 98.0 cm³/mol. The molecule has 2 heterocycles. The third-order valence-electron chi connectivity index (χ3n) is 4.43. The van der Waals surface area contributed by atoms with Crippen LogP contribution in [0.25, 0.3) is 0 Å². The van der Waals surface area contributed by atoms with Crippen molar-refractivity contribution >= 4 is 11.8 Å². The number of methoxy groups -OCH3 is 1. The van der Waals surface area contributed by atoms with E-state index in [1.807, 2.05) is 36.4 Å². The summed E-state index contributed by atoms with van der Waals surface area (Å²) in [5, 5.41) is 22.3. The number of allylic oxidation sites excluding steroid dienone is 1. The van der Waals surface area contributed by atoms with Crippen molar-refractivity contribution in [2.75, 3.05) is 19.0 Å². The van der Waals surface area contributed by atoms with Crippen LogP contribution in [0.4, 0.5) is 5.82 Å². The zero-order valence-electron chi connectivity index (χ0n) is 15.2. The number of nitrogens with one attached hydrogen (secondary N) is 1. The summed E-state index contributed by atoms with van der Waals surface area (Å²) in [6.45, 7) is 3.73. The van der Waals surface area contributed by atoms with Crippen LogP contribution in [0.5, 0.6) is 5.88 Å². The molecule has 0 radical (unpaired) electrons. The monoisotopic (exact) mass is 362 g/mol. The molecule has 1 aromatic heterocycles. The third-order valence-corrected chi connectivity index (χ3v) is 4.43. The Hall–Kier alpha value is -3.71. The second-order valence-corrected chi connectivity index (χ2v) is 5.90. The number of carbonyl (C=O) groups is 1. The van der Waals surface area contributed by atoms with E-state index >= 15 is 0 Å². The van der Waals surface area contributed by atoms with Crippen LogP contribution in [0, 0.1) is 22.7 Å². The van der Waals surface area contributed by atoms with E-state index in [-0.39, 0.29) is 23.6 Å². The summed E-state index contributed by atoms with van der Waals surface area (Å²) in [6, 6.07) is 12.9. The van der Waals surface area contributed by atoms with Gasteiger partial charge in [0.05, 0.1) is 25.3 Å². The van der Waals surface area contributed by atoms with Gasteiger partial charge in [0.25, 0.3) is 0 Å². The quantitative estimate of drug-likeness (QED) is 0.839. The van der Waals surface area contributed by atoms with Crippen molar-refractivity contribution in [2.24, 2.45) is 0 Å². The fourth-order valence-electron chi connectivity index (χ4n) is 3.35. The molecule has 0 unspecified atom stereocenters. The van der Waals surface area contributed by atoms with E-state index in [1.54, 1.807) is 18.4 Å². The van der Waals surface area contributed by atoms with Crippen molar-refractivity contribution in [3.63, 3.8) is 0 Å². The van der Waals surface area contributed by atoms with E-state index < -0.39 is 12.0 Å². The number of rotatable bonds is 4. The summed E-state index contributed by atoms with van der Waals surface area (Å²) in [6.07, 6.45) is 0. The molecule has 1 N–H and O–H groups in total. The Labute approximate surface area is 157 Å². The highest BCUT2D eigenvalue weighted by Gasteiger charge is 2.38. The van der Waals surface area contributed by atoms with Gasteiger partial charge in [0.1, 0.15) is 29.1 Å². The van der Waals surface area contributed by atoms with Crippen molar-refractivity contribution in [1.82, 2.24) is 4.57 Å². The molecule has 1 aromatic carbocycles. The van der Waals surface area contributed by atoms with E-state index in [9.17, 15) is 15.3 Å². The Bertz CT molecular complexity index is 1010. The van der Waals surface area contributed by atoms with Gasteiger partial charge in [-0.1, -0.05) is 30.3 Å². The van der Waals surface area contributed by atoms with Gasteiger partial charge in [-0.3, -0.25) is 4.57 Å². The maximum atomic E-state index is 12.7. The lowest BCUT2D eigenvalue weighted by atomic mass is 9.95. The first-order chi connectivity index (χ1) is 13.1. The number of nitriles is 2. The van der Waals surface area contributed by atoms with Gasteiger partial charge in [-0.2, -0.15) is 10.5 Å². The molecule has 0 fully saturated rings. The Morgan fingerprint density at radius 3 is 2.44 bits per heavy atom. The van der Waals surface area contributed by atoms with Crippen LogP contribution in [0.15, 0.2) is 41.6 Å². The van der Waals surface area contributed by atoms with Crippen molar-refractivity contribution < 1.29 is 14.3 Å². The lowest BCUT2D eigenvalue weighted by Crippen LogP contribution is -2.29. The summed E-state index contributed by atoms with van der Waals surface area (Å²) in [5.74, 6) is 0.180. The number of nitrogens with zero attached hydrogens (tertiary/aromatic N) is 3. The number of benzene rings is 1. The molecule has 7 heteroatoms. The SMILES string of the molecule is CCOC(=O)C1=C(C)Nc2c(C#N)c(C#N)c(OC)n2[C@@H]1c1ccccc1. The molecule has 1 aliphatic heterocycles. The molecule has 7 nitrogen and oxygen atoms in total. The molecule has 1 aliphatic rings. The maximum absolute atomic E-state index is 12.7. The number of fused-ring (bicyclic) bond motifs is 1. The van der Waals surface area contributed by atoms with Gasteiger partial charge in [0, 0.05) is 5.70 Å². The zero-order chi connectivity index (χ0) is 19.6. The van der Waals surface area contributed by atoms with Gasteiger partial charge >= 0.3 is 5.97 Å². The normalized spacial score (nSPS) is 15.2. The number of hydrogen-bond acceptors (Lipinski definition) is 6. The average Bonchev–Trinajstić information content (AvgIpc) is 2.99. The van der Waals surface area contributed by atoms with E-state index in [0.29, 0.717) is 17.1 Å². The third kappa shape index (κ3) is 2.80. The Morgan fingerprint density at radius 2 is 1.89 bits per heavy atom. The molecule has 2 aromatic rings. The number of esters is 1. The predicted octanol–water partition coefficient (Wildman–Crippen LogP) is 3.09. The first-order valence-corrected chi connectivity index (χ1v) is 8.41. The fourth-order valence-corrected chi connectivity index (χ4v) is 3.35. The Morgan fingerprint density at radius 1 is 1.22 bits per heavy atom. The molecule has 136 valence electrons. The lowest BCUT2D eigenvalue weighted by molar-refractivity contribution is -0.139. The average molecular weight is 362 g/mol. The highest BCUT2D eigenvalue weighted by Crippen LogP contribution is 2.45. The van der Waals surface area contributed by atoms with Crippen LogP contribution in [-0.4, -0.2) is 24.3 Å². The molecule has 0 aliphatic carbocycles. The van der Waals surface area contributed by atoms with E-state index in [2.05, 4.69) is 11.4 Å². The summed E-state index contributed by atoms with van der Waals surface area (Å²) in [4.78, 5) is 12.7. The minimum Gasteiger partial charge on any atom is -0.481 e. The molecule has 3 rings (SSSR count). The van der Waals surface area contributed by atoms with E-state index in [4.69, 9.17) is 9.47 Å². The van der Waals surface area contributed by atoms with Gasteiger partial charge in [0.2, 0.25) is 5.88 Å². The van der Waals surface area contributed by atoms with Crippen molar-refractivity contribution in [2.45, 2.75) is 19.9 Å². The molecule has 0 saturated carbocycles. The van der Waals surface area contributed by atoms with Crippen molar-refractivity contribution in [1.29, 1.82) is 10.5 Å². The van der Waals surface area contributed by atoms with Crippen molar-refractivity contribution in [3.05, 3.63) is 58.3 Å². The Balaban J connectivity index is 2.36. The van der Waals surface area contributed by atoms with Gasteiger partial charge in [-0.25, -0.2) is 4.79 Å². The van der Waals surface area contributed by atoms with Crippen LogP contribution in [0.2, 0.25) is 0 Å². The van der Waals surface area contributed by atoms with Crippen LogP contribution in [0.3, 0.4) is 0 Å². The standard InChI is InChI=1S/C20H18N4O3/c1-4-27-20(25)16-12(2)23-18-14(10-21)15(11-22)19(26-3)24(18)17(16)13-8-6-5-7-9-13/h5-9,17,23H,4H2,1-3H3/t17-/m1/s1. The van der Waals surface area contributed by atoms with Crippen LogP contribution in [-0.2, 0) is 9.53 Å². The number of ether oxygens (including phenoxy) is 2. The highest BCUT2D eigenvalue weighted by molar-refractivity contribution is 5.93. The molecule has 0 saturated heterocycles.